The molecular formula is C16H15N2+. The van der Waals surface area contributed by atoms with Gasteiger partial charge in [-0.2, -0.15) is 0 Å². The standard InChI is InChI=1S/C16H15N2/c1-18-10-8-13(9-11-18)6-7-14-12-17-16-5-3-2-4-15(14)16/h2-7,10-12,17H,8H2,1H3/q+1/b7-6-. The van der Waals surface area contributed by atoms with E-state index in [2.05, 4.69) is 47.3 Å². The van der Waals surface area contributed by atoms with Crippen molar-refractivity contribution >= 4 is 23.2 Å². The average molecular weight is 235 g/mol. The predicted octanol–water partition coefficient (Wildman–Crippen LogP) is 3.34. The van der Waals surface area contributed by atoms with Crippen LogP contribution in [0.1, 0.15) is 12.0 Å². The predicted molar refractivity (Wildman–Crippen MR) is 75.8 cm³/mol. The Hall–Kier alpha value is -2.31. The Morgan fingerprint density at radius 2 is 2.17 bits per heavy atom. The molecule has 0 unspecified atom stereocenters. The number of fused-ring (bicyclic) bond motifs is 1. The lowest BCUT2D eigenvalue weighted by atomic mass is 10.1. The van der Waals surface area contributed by atoms with Gasteiger partial charge in [-0.05, 0) is 23.4 Å². The highest BCUT2D eigenvalue weighted by Gasteiger charge is 2.02. The Labute approximate surface area is 106 Å². The van der Waals surface area contributed by atoms with Crippen molar-refractivity contribution in [2.24, 2.45) is 0 Å². The van der Waals surface area contributed by atoms with Gasteiger partial charge in [0.15, 0.2) is 6.21 Å². The van der Waals surface area contributed by atoms with Gasteiger partial charge in [0.2, 0.25) is 6.20 Å². The van der Waals surface area contributed by atoms with Crippen LogP contribution in [0.5, 0.6) is 0 Å². The second-order valence-electron chi connectivity index (χ2n) is 4.47. The summed E-state index contributed by atoms with van der Waals surface area (Å²) in [4.78, 5) is 3.28. The second kappa shape index (κ2) is 4.52. The van der Waals surface area contributed by atoms with E-state index >= 15 is 0 Å². The molecule has 0 bridgehead atoms. The zero-order valence-corrected chi connectivity index (χ0v) is 10.4. The molecule has 0 spiro atoms. The summed E-state index contributed by atoms with van der Waals surface area (Å²) in [5.41, 5.74) is 6.87. The number of aromatic amines is 1. The Kier molecular flexibility index (Phi) is 2.71. The molecule has 1 N–H and O–H groups in total. The lowest BCUT2D eigenvalue weighted by Crippen LogP contribution is -2.01. The maximum absolute atomic E-state index is 3.28. The topological polar surface area (TPSA) is 18.8 Å². The van der Waals surface area contributed by atoms with Gasteiger partial charge < -0.3 is 4.98 Å². The van der Waals surface area contributed by atoms with Gasteiger partial charge in [0, 0.05) is 22.7 Å². The van der Waals surface area contributed by atoms with Crippen LogP contribution >= 0.6 is 0 Å². The molecule has 2 heteroatoms. The van der Waals surface area contributed by atoms with Crippen molar-refractivity contribution in [1.82, 2.24) is 4.98 Å². The summed E-state index contributed by atoms with van der Waals surface area (Å²) < 4.78 is 2.03. The largest absolute Gasteiger partial charge is 0.361 e. The third-order valence-electron chi connectivity index (χ3n) is 3.14. The van der Waals surface area contributed by atoms with Gasteiger partial charge in [-0.3, -0.25) is 0 Å². The molecule has 0 amide bonds. The summed E-state index contributed by atoms with van der Waals surface area (Å²) in [5.74, 6) is 0. The van der Waals surface area contributed by atoms with Gasteiger partial charge in [0.1, 0.15) is 7.05 Å². The molecule has 88 valence electrons. The minimum atomic E-state index is 0.936. The summed E-state index contributed by atoms with van der Waals surface area (Å²) in [7, 11) is 2.02. The van der Waals surface area contributed by atoms with E-state index in [1.165, 1.54) is 22.0 Å². The zero-order valence-electron chi connectivity index (χ0n) is 10.4. The van der Waals surface area contributed by atoms with Gasteiger partial charge in [0.25, 0.3) is 0 Å². The number of nitrogens with one attached hydrogen (secondary N) is 1. The average Bonchev–Trinajstić information content (AvgIpc) is 2.82. The third-order valence-corrected chi connectivity index (χ3v) is 3.14. The summed E-state index contributed by atoms with van der Waals surface area (Å²) in [6, 6.07) is 8.34. The van der Waals surface area contributed by atoms with Gasteiger partial charge in [-0.25, -0.2) is 4.58 Å². The molecule has 2 nitrogen and oxygen atoms in total. The van der Waals surface area contributed by atoms with E-state index < -0.39 is 0 Å². The fraction of sp³-hybridized carbons (Fsp3) is 0.125. The summed E-state index contributed by atoms with van der Waals surface area (Å²) >= 11 is 0. The fourth-order valence-electron chi connectivity index (χ4n) is 2.08. The molecule has 18 heavy (non-hydrogen) atoms. The summed E-state index contributed by atoms with van der Waals surface area (Å²) in [5, 5.41) is 1.26. The monoisotopic (exact) mass is 235 g/mol. The minimum Gasteiger partial charge on any atom is -0.361 e. The Bertz CT molecular complexity index is 708. The first-order chi connectivity index (χ1) is 8.83. The number of H-pyrrole nitrogens is 1. The number of aromatic nitrogens is 1. The molecule has 0 radical (unpaired) electrons. The summed E-state index contributed by atoms with van der Waals surface area (Å²) in [6.07, 6.45) is 11.4. The first kappa shape index (κ1) is 10.8. The molecule has 1 aromatic carbocycles. The van der Waals surface area contributed by atoms with Crippen molar-refractivity contribution in [2.75, 3.05) is 7.05 Å². The molecule has 3 rings (SSSR count). The molecule has 0 fully saturated rings. The normalized spacial score (nSPS) is 15.2. The number of benzene rings is 1. The number of hydrogen-bond acceptors (Lipinski definition) is 0. The molecule has 2 heterocycles. The number of allylic oxidation sites excluding steroid dienone is 2. The van der Waals surface area contributed by atoms with Crippen molar-refractivity contribution in [3.05, 3.63) is 59.6 Å². The van der Waals surface area contributed by atoms with Crippen LogP contribution < -0.4 is 0 Å². The van der Waals surface area contributed by atoms with Crippen molar-refractivity contribution in [2.45, 2.75) is 6.42 Å². The molecular weight excluding hydrogens is 220 g/mol. The first-order valence-electron chi connectivity index (χ1n) is 6.08. The van der Waals surface area contributed by atoms with Crippen molar-refractivity contribution in [1.29, 1.82) is 0 Å². The molecule has 0 saturated heterocycles. The molecule has 1 aliphatic heterocycles. The van der Waals surface area contributed by atoms with Crippen molar-refractivity contribution in [3.63, 3.8) is 0 Å². The molecule has 0 aliphatic carbocycles. The van der Waals surface area contributed by atoms with E-state index in [4.69, 9.17) is 0 Å². The van der Waals surface area contributed by atoms with Crippen LogP contribution in [0.2, 0.25) is 0 Å². The van der Waals surface area contributed by atoms with E-state index in [0.29, 0.717) is 0 Å². The SMILES string of the molecule is C[N+]1=CCC(/C=C\c2c[nH]c3ccccc23)=C=C1. The lowest BCUT2D eigenvalue weighted by Gasteiger charge is -1.96. The van der Waals surface area contributed by atoms with E-state index in [0.717, 1.165) is 6.42 Å². The lowest BCUT2D eigenvalue weighted by molar-refractivity contribution is -0.418. The van der Waals surface area contributed by atoms with Crippen LogP contribution in [0, 0.1) is 0 Å². The van der Waals surface area contributed by atoms with Gasteiger partial charge in [-0.15, -0.1) is 0 Å². The maximum atomic E-state index is 3.28. The number of rotatable bonds is 2. The first-order valence-corrected chi connectivity index (χ1v) is 6.08. The Balaban J connectivity index is 1.92. The minimum absolute atomic E-state index is 0.936. The Morgan fingerprint density at radius 1 is 1.28 bits per heavy atom. The summed E-state index contributed by atoms with van der Waals surface area (Å²) in [6.45, 7) is 0. The van der Waals surface area contributed by atoms with Crippen molar-refractivity contribution in [3.8, 4) is 0 Å². The van der Waals surface area contributed by atoms with E-state index in [1.807, 2.05) is 30.1 Å². The number of nitrogens with zero attached hydrogens (tertiary/aromatic N) is 1. The fourth-order valence-corrected chi connectivity index (χ4v) is 2.08. The highest BCUT2D eigenvalue weighted by Crippen LogP contribution is 2.19. The van der Waals surface area contributed by atoms with Crippen LogP contribution in [0.3, 0.4) is 0 Å². The maximum Gasteiger partial charge on any atom is 0.212 e. The Morgan fingerprint density at radius 3 is 3.00 bits per heavy atom. The quantitative estimate of drug-likeness (QED) is 0.608. The van der Waals surface area contributed by atoms with E-state index in [1.54, 1.807) is 0 Å². The molecule has 2 aromatic rings. The number of para-hydroxylation sites is 1. The second-order valence-corrected chi connectivity index (χ2v) is 4.47. The van der Waals surface area contributed by atoms with Crippen LogP contribution in [0.4, 0.5) is 0 Å². The molecule has 0 atom stereocenters. The smallest absolute Gasteiger partial charge is 0.212 e. The van der Waals surface area contributed by atoms with Crippen LogP contribution in [-0.2, 0) is 0 Å². The highest BCUT2D eigenvalue weighted by molar-refractivity contribution is 5.89. The van der Waals surface area contributed by atoms with Crippen molar-refractivity contribution < 1.29 is 4.58 Å². The van der Waals surface area contributed by atoms with Gasteiger partial charge >= 0.3 is 0 Å². The molecule has 0 saturated carbocycles. The van der Waals surface area contributed by atoms with E-state index in [9.17, 15) is 0 Å². The van der Waals surface area contributed by atoms with Gasteiger partial charge in [0.05, 0.1) is 6.42 Å². The highest BCUT2D eigenvalue weighted by atomic mass is 14.9. The van der Waals surface area contributed by atoms with Crippen LogP contribution in [0.25, 0.3) is 17.0 Å². The van der Waals surface area contributed by atoms with Crippen LogP contribution in [0.15, 0.2) is 54.0 Å². The molecule has 1 aromatic heterocycles. The van der Waals surface area contributed by atoms with E-state index in [-0.39, 0.29) is 0 Å². The third kappa shape index (κ3) is 2.06. The zero-order chi connectivity index (χ0) is 12.4. The number of hydrogen-bond donors (Lipinski definition) is 1. The molecule has 1 aliphatic rings. The van der Waals surface area contributed by atoms with Crippen LogP contribution in [-0.4, -0.2) is 22.8 Å². The van der Waals surface area contributed by atoms with Gasteiger partial charge in [-0.1, -0.05) is 24.3 Å².